The first-order chi connectivity index (χ1) is 7.07. The third-order valence-electron chi connectivity index (χ3n) is 1.45. The van der Waals surface area contributed by atoms with Crippen molar-refractivity contribution in [1.29, 1.82) is 0 Å². The van der Waals surface area contributed by atoms with Crippen LogP contribution < -0.4 is 5.43 Å². The molecule has 1 fully saturated rings. The summed E-state index contributed by atoms with van der Waals surface area (Å²) in [5, 5.41) is 0.345. The second kappa shape index (κ2) is 3.55. The first kappa shape index (κ1) is 9.98. The predicted molar refractivity (Wildman–Crippen MR) is 44.6 cm³/mol. The highest BCUT2D eigenvalue weighted by molar-refractivity contribution is 7.82. The van der Waals surface area contributed by atoms with Crippen LogP contribution >= 0.6 is 0 Å². The van der Waals surface area contributed by atoms with Crippen LogP contribution in [-0.2, 0) is 19.0 Å². The van der Waals surface area contributed by atoms with Crippen LogP contribution in [0.15, 0.2) is 24.5 Å². The molecular weight excluding hydrogens is 226 g/mol. The third kappa shape index (κ3) is 2.27. The van der Waals surface area contributed by atoms with Gasteiger partial charge in [0.25, 0.3) is 5.91 Å². The Labute approximate surface area is 84.6 Å². The second-order valence-electron chi connectivity index (χ2n) is 2.49. The Kier molecular flexibility index (Phi) is 2.36. The van der Waals surface area contributed by atoms with Gasteiger partial charge in [0.05, 0.1) is 5.34 Å². The average Bonchev–Trinajstić information content (AvgIpc) is 2.16. The summed E-state index contributed by atoms with van der Waals surface area (Å²) in [6.45, 7) is 0. The molecule has 0 aliphatic carbocycles. The van der Waals surface area contributed by atoms with Crippen molar-refractivity contribution in [3.05, 3.63) is 30.1 Å². The zero-order valence-electron chi connectivity index (χ0n) is 7.15. The standard InChI is InChI=1S/C6H5N3O5S/c10-6(5-1-3-7-4-2-5)8-9-13-15(11,12)14-9/h1-4H,(H,8,10). The van der Waals surface area contributed by atoms with Crippen molar-refractivity contribution in [2.45, 2.75) is 0 Å². The van der Waals surface area contributed by atoms with Crippen LogP contribution in [0.5, 0.6) is 0 Å². The van der Waals surface area contributed by atoms with Crippen LogP contribution in [0, 0.1) is 0 Å². The summed E-state index contributed by atoms with van der Waals surface area (Å²) in [6.07, 6.45) is 2.84. The van der Waals surface area contributed by atoms with Crippen LogP contribution in [0.1, 0.15) is 10.4 Å². The number of hydrazine groups is 1. The molecule has 1 amide bonds. The van der Waals surface area contributed by atoms with Gasteiger partial charge in [-0.2, -0.15) is 8.42 Å². The third-order valence-corrected chi connectivity index (χ3v) is 2.09. The van der Waals surface area contributed by atoms with Gasteiger partial charge < -0.3 is 0 Å². The van der Waals surface area contributed by atoms with E-state index in [1.807, 2.05) is 5.43 Å². The number of pyridine rings is 1. The van der Waals surface area contributed by atoms with E-state index in [-0.39, 0.29) is 0 Å². The minimum Gasteiger partial charge on any atom is -0.268 e. The van der Waals surface area contributed by atoms with Crippen LogP contribution in [0.3, 0.4) is 0 Å². The Balaban J connectivity index is 1.95. The summed E-state index contributed by atoms with van der Waals surface area (Å²) >= 11 is 0. The molecule has 0 bridgehead atoms. The van der Waals surface area contributed by atoms with Crippen molar-refractivity contribution >= 4 is 16.3 Å². The molecule has 1 aliphatic heterocycles. The minimum absolute atomic E-state index is 0.293. The number of amides is 1. The molecule has 1 aromatic rings. The lowest BCUT2D eigenvalue weighted by molar-refractivity contribution is -0.348. The van der Waals surface area contributed by atoms with Crippen molar-refractivity contribution in [2.75, 3.05) is 0 Å². The monoisotopic (exact) mass is 231 g/mol. The van der Waals surface area contributed by atoms with Crippen molar-refractivity contribution in [3.8, 4) is 0 Å². The molecule has 1 aliphatic rings. The maximum absolute atomic E-state index is 11.3. The molecule has 0 saturated carbocycles. The molecule has 0 aromatic carbocycles. The van der Waals surface area contributed by atoms with Gasteiger partial charge in [0.2, 0.25) is 0 Å². The summed E-state index contributed by atoms with van der Waals surface area (Å²) < 4.78 is 28.8. The summed E-state index contributed by atoms with van der Waals surface area (Å²) in [7, 11) is -3.96. The van der Waals surface area contributed by atoms with Crippen LogP contribution in [-0.4, -0.2) is 24.6 Å². The Morgan fingerprint density at radius 3 is 2.47 bits per heavy atom. The summed E-state index contributed by atoms with van der Waals surface area (Å²) in [5.74, 6) is -0.577. The van der Waals surface area contributed by atoms with E-state index in [4.69, 9.17) is 0 Å². The van der Waals surface area contributed by atoms with Gasteiger partial charge in [-0.3, -0.25) is 9.78 Å². The highest BCUT2D eigenvalue weighted by Gasteiger charge is 2.36. The lowest BCUT2D eigenvalue weighted by Crippen LogP contribution is -2.52. The average molecular weight is 231 g/mol. The number of rotatable bonds is 2. The van der Waals surface area contributed by atoms with Crippen molar-refractivity contribution < 1.29 is 21.8 Å². The molecule has 2 rings (SSSR count). The molecule has 1 aromatic heterocycles. The van der Waals surface area contributed by atoms with E-state index in [0.717, 1.165) is 0 Å². The maximum atomic E-state index is 11.3. The number of hydrogen-bond donors (Lipinski definition) is 1. The first-order valence-corrected chi connectivity index (χ1v) is 5.05. The number of hydrogen-bond acceptors (Lipinski definition) is 7. The zero-order valence-corrected chi connectivity index (χ0v) is 7.97. The van der Waals surface area contributed by atoms with Gasteiger partial charge in [0.15, 0.2) is 0 Å². The number of nitrogens with zero attached hydrogens (tertiary/aromatic N) is 2. The van der Waals surface area contributed by atoms with Gasteiger partial charge in [-0.1, -0.05) is 0 Å². The van der Waals surface area contributed by atoms with Crippen LogP contribution in [0.4, 0.5) is 0 Å². The molecule has 0 atom stereocenters. The summed E-state index contributed by atoms with van der Waals surface area (Å²) in [6, 6.07) is 2.90. The molecule has 15 heavy (non-hydrogen) atoms. The molecule has 8 nitrogen and oxygen atoms in total. The second-order valence-corrected chi connectivity index (χ2v) is 3.61. The zero-order chi connectivity index (χ0) is 10.9. The van der Waals surface area contributed by atoms with E-state index in [9.17, 15) is 13.2 Å². The van der Waals surface area contributed by atoms with Gasteiger partial charge in [-0.25, -0.2) is 5.43 Å². The van der Waals surface area contributed by atoms with Gasteiger partial charge in [0.1, 0.15) is 0 Å². The quantitative estimate of drug-likeness (QED) is 0.707. The summed E-state index contributed by atoms with van der Waals surface area (Å²) in [5.41, 5.74) is 2.32. The Hall–Kier alpha value is -1.55. The van der Waals surface area contributed by atoms with Gasteiger partial charge in [0, 0.05) is 18.0 Å². The molecule has 1 saturated heterocycles. The van der Waals surface area contributed by atoms with Crippen molar-refractivity contribution in [3.63, 3.8) is 0 Å². The number of aromatic nitrogens is 1. The SMILES string of the molecule is O=C(NN1OS(=O)(=O)O1)c1ccncc1. The Morgan fingerprint density at radius 1 is 1.33 bits per heavy atom. The van der Waals surface area contributed by atoms with E-state index in [2.05, 4.69) is 13.6 Å². The fraction of sp³-hybridized carbons (Fsp3) is 0. The van der Waals surface area contributed by atoms with E-state index in [0.29, 0.717) is 10.9 Å². The molecule has 1 N–H and O–H groups in total. The largest absolute Gasteiger partial charge is 0.439 e. The molecular formula is C6H5N3O5S. The van der Waals surface area contributed by atoms with E-state index < -0.39 is 16.3 Å². The van der Waals surface area contributed by atoms with Crippen molar-refractivity contribution in [1.82, 2.24) is 15.7 Å². The Bertz CT molecular complexity index is 461. The lowest BCUT2D eigenvalue weighted by Gasteiger charge is -2.25. The molecule has 80 valence electrons. The first-order valence-electron chi connectivity index (χ1n) is 3.72. The predicted octanol–water partition coefficient (Wildman–Crippen LogP) is -0.850. The van der Waals surface area contributed by atoms with Gasteiger partial charge in [-0.15, -0.1) is 8.57 Å². The topological polar surface area (TPSA) is 97.8 Å². The van der Waals surface area contributed by atoms with E-state index in [1.165, 1.54) is 24.5 Å². The smallest absolute Gasteiger partial charge is 0.268 e. The van der Waals surface area contributed by atoms with Gasteiger partial charge in [-0.05, 0) is 12.1 Å². The fourth-order valence-corrected chi connectivity index (χ4v) is 1.28. The molecule has 0 spiro atoms. The lowest BCUT2D eigenvalue weighted by atomic mass is 10.3. The van der Waals surface area contributed by atoms with Crippen LogP contribution in [0.25, 0.3) is 0 Å². The number of nitrogens with one attached hydrogen (secondary N) is 1. The number of carbonyl (C=O) groups excluding carboxylic acids is 1. The summed E-state index contributed by atoms with van der Waals surface area (Å²) in [4.78, 5) is 15.0. The fourth-order valence-electron chi connectivity index (χ4n) is 0.859. The minimum atomic E-state index is -3.96. The van der Waals surface area contributed by atoms with Crippen LogP contribution in [0.2, 0.25) is 0 Å². The maximum Gasteiger partial charge on any atom is 0.439 e. The molecule has 9 heteroatoms. The molecule has 2 heterocycles. The number of carbonyl (C=O) groups is 1. The normalized spacial score (nSPS) is 19.2. The highest BCUT2D eigenvalue weighted by Crippen LogP contribution is 2.13. The van der Waals surface area contributed by atoms with E-state index >= 15 is 0 Å². The Morgan fingerprint density at radius 2 is 1.93 bits per heavy atom. The molecule has 0 unspecified atom stereocenters. The van der Waals surface area contributed by atoms with E-state index in [1.54, 1.807) is 0 Å². The highest BCUT2D eigenvalue weighted by atomic mass is 32.3. The van der Waals surface area contributed by atoms with Gasteiger partial charge >= 0.3 is 10.4 Å². The molecule has 0 radical (unpaired) electrons. The van der Waals surface area contributed by atoms with Crippen molar-refractivity contribution in [2.24, 2.45) is 0 Å².